The summed E-state index contributed by atoms with van der Waals surface area (Å²) in [5.74, 6) is -1.02. The average Bonchev–Trinajstić information content (AvgIpc) is 3.05. The third kappa shape index (κ3) is 4.44. The van der Waals surface area contributed by atoms with Gasteiger partial charge in [0.1, 0.15) is 5.75 Å². The molecule has 2 aliphatic heterocycles. The normalized spacial score (nSPS) is 24.8. The summed E-state index contributed by atoms with van der Waals surface area (Å²) < 4.78 is 29.9. The van der Waals surface area contributed by atoms with Crippen molar-refractivity contribution in [3.05, 3.63) is 24.3 Å². The monoisotopic (exact) mass is 412 g/mol. The van der Waals surface area contributed by atoms with Gasteiger partial charge in [0.15, 0.2) is 15.0 Å². The zero-order valence-corrected chi connectivity index (χ0v) is 16.3. The first kappa shape index (κ1) is 19.7. The number of thioether (sulfide) groups is 1. The number of amides is 1. The summed E-state index contributed by atoms with van der Waals surface area (Å²) in [4.78, 5) is 28.6. The van der Waals surface area contributed by atoms with Crippen molar-refractivity contribution in [2.45, 2.75) is 31.1 Å². The van der Waals surface area contributed by atoms with Gasteiger partial charge < -0.3 is 14.7 Å². The number of ether oxygens (including phenoxy) is 1. The minimum Gasteiger partial charge on any atom is -0.492 e. The topological polar surface area (TPSA) is 113 Å². The summed E-state index contributed by atoms with van der Waals surface area (Å²) in [6.07, 6.45) is -0.495. The second-order valence-corrected chi connectivity index (χ2v) is 9.61. The molecule has 10 heteroatoms. The quantitative estimate of drug-likeness (QED) is 0.749. The lowest BCUT2D eigenvalue weighted by atomic mass is 10.2. The van der Waals surface area contributed by atoms with Gasteiger partial charge in [-0.05, 0) is 19.1 Å². The molecule has 3 rings (SSSR count). The first-order valence-corrected chi connectivity index (χ1v) is 11.2. The molecule has 2 aliphatic rings. The molecule has 0 radical (unpaired) electrons. The van der Waals surface area contributed by atoms with E-state index in [0.29, 0.717) is 23.2 Å². The lowest BCUT2D eigenvalue weighted by Gasteiger charge is -2.26. The van der Waals surface area contributed by atoms with Crippen LogP contribution in [0, 0.1) is 0 Å². The first-order chi connectivity index (χ1) is 12.8. The Labute approximate surface area is 161 Å². The maximum Gasteiger partial charge on any atom is 0.303 e. The predicted octanol–water partition coefficient (Wildman–Crippen LogP) is 1.55. The zero-order chi connectivity index (χ0) is 19.6. The van der Waals surface area contributed by atoms with Crippen LogP contribution in [0.3, 0.4) is 0 Å². The largest absolute Gasteiger partial charge is 0.492 e. The third-order valence-corrected chi connectivity index (χ3v) is 7.47. The van der Waals surface area contributed by atoms with Gasteiger partial charge in [-0.15, -0.1) is 0 Å². The fourth-order valence-electron chi connectivity index (χ4n) is 3.16. The number of para-hydroxylation sites is 2. The van der Waals surface area contributed by atoms with Crippen molar-refractivity contribution in [1.82, 2.24) is 0 Å². The highest BCUT2D eigenvalue weighted by molar-refractivity contribution is 8.16. The number of carboxylic acids is 1. The summed E-state index contributed by atoms with van der Waals surface area (Å²) in [5, 5.41) is 8.90. The van der Waals surface area contributed by atoms with E-state index in [1.165, 1.54) is 11.8 Å². The zero-order valence-electron chi connectivity index (χ0n) is 14.7. The molecule has 2 saturated heterocycles. The van der Waals surface area contributed by atoms with E-state index in [1.807, 2.05) is 19.1 Å². The predicted molar refractivity (Wildman–Crippen MR) is 103 cm³/mol. The van der Waals surface area contributed by atoms with Crippen molar-refractivity contribution in [3.8, 4) is 5.75 Å². The van der Waals surface area contributed by atoms with Gasteiger partial charge >= 0.3 is 5.97 Å². The summed E-state index contributed by atoms with van der Waals surface area (Å²) in [6, 6.07) is 6.87. The van der Waals surface area contributed by atoms with E-state index in [9.17, 15) is 18.0 Å². The number of hydrogen-bond acceptors (Lipinski definition) is 6. The minimum absolute atomic E-state index is 0.0204. The summed E-state index contributed by atoms with van der Waals surface area (Å²) >= 11 is 1.25. The van der Waals surface area contributed by atoms with E-state index >= 15 is 0 Å². The highest BCUT2D eigenvalue weighted by Gasteiger charge is 2.50. The van der Waals surface area contributed by atoms with Crippen LogP contribution < -0.4 is 9.64 Å². The molecular formula is C17H20N2O6S2. The van der Waals surface area contributed by atoms with Gasteiger partial charge in [-0.2, -0.15) is 4.99 Å². The van der Waals surface area contributed by atoms with Gasteiger partial charge in [0.2, 0.25) is 5.91 Å². The molecule has 2 heterocycles. The van der Waals surface area contributed by atoms with E-state index in [-0.39, 0.29) is 35.6 Å². The molecule has 0 unspecified atom stereocenters. The number of aliphatic carboxylic acids is 1. The number of anilines is 1. The maximum absolute atomic E-state index is 12.1. The molecular weight excluding hydrogens is 392 g/mol. The second-order valence-electron chi connectivity index (χ2n) is 6.25. The molecule has 2 atom stereocenters. The van der Waals surface area contributed by atoms with Crippen LogP contribution >= 0.6 is 11.8 Å². The molecule has 146 valence electrons. The Hall–Kier alpha value is -2.07. The molecule has 1 N–H and O–H groups in total. The summed E-state index contributed by atoms with van der Waals surface area (Å²) in [7, 11) is -3.17. The van der Waals surface area contributed by atoms with Crippen LogP contribution in [0.2, 0.25) is 0 Å². The van der Waals surface area contributed by atoms with E-state index in [2.05, 4.69) is 4.99 Å². The van der Waals surface area contributed by atoms with E-state index in [4.69, 9.17) is 9.84 Å². The number of hydrogen-bond donors (Lipinski definition) is 1. The molecule has 0 aliphatic carbocycles. The Morgan fingerprint density at radius 1 is 1.30 bits per heavy atom. The van der Waals surface area contributed by atoms with E-state index in [0.717, 1.165) is 0 Å². The molecule has 2 fully saturated rings. The minimum atomic E-state index is -3.17. The Bertz CT molecular complexity index is 883. The Balaban J connectivity index is 1.96. The highest BCUT2D eigenvalue weighted by atomic mass is 32.2. The van der Waals surface area contributed by atoms with Crippen molar-refractivity contribution in [3.63, 3.8) is 0 Å². The van der Waals surface area contributed by atoms with Crippen LogP contribution in [-0.2, 0) is 19.4 Å². The fourth-order valence-corrected chi connectivity index (χ4v) is 7.08. The molecule has 0 bridgehead atoms. The lowest BCUT2D eigenvalue weighted by molar-refractivity contribution is -0.138. The standard InChI is InChI=1S/C17H20N2O6S2/c1-2-25-13-6-4-3-5-11(13)19-12-9-27(23,24)10-14(12)26-17(19)18-15(20)7-8-16(21)22/h3-6,12,14H,2,7-10H2,1H3,(H,21,22)/t12-,14-/m0/s1. The molecule has 8 nitrogen and oxygen atoms in total. The Morgan fingerprint density at radius 2 is 2.04 bits per heavy atom. The van der Waals surface area contributed by atoms with Crippen LogP contribution in [0.1, 0.15) is 19.8 Å². The van der Waals surface area contributed by atoms with Crippen LogP contribution in [0.15, 0.2) is 29.3 Å². The molecule has 1 aromatic carbocycles. The molecule has 0 spiro atoms. The van der Waals surface area contributed by atoms with Gasteiger partial charge in [-0.25, -0.2) is 8.42 Å². The molecule has 1 aromatic rings. The van der Waals surface area contributed by atoms with Crippen LogP contribution in [0.4, 0.5) is 5.69 Å². The van der Waals surface area contributed by atoms with Crippen LogP contribution in [-0.4, -0.2) is 60.0 Å². The fraction of sp³-hybridized carbons (Fsp3) is 0.471. The van der Waals surface area contributed by atoms with Crippen molar-refractivity contribution >= 4 is 44.3 Å². The van der Waals surface area contributed by atoms with E-state index < -0.39 is 21.7 Å². The van der Waals surface area contributed by atoms with Gasteiger partial charge in [-0.1, -0.05) is 23.9 Å². The average molecular weight is 412 g/mol. The summed E-state index contributed by atoms with van der Waals surface area (Å²) in [5.41, 5.74) is 0.654. The number of nitrogens with zero attached hydrogens (tertiary/aromatic N) is 2. The number of sulfone groups is 1. The molecule has 1 amide bonds. The second kappa shape index (κ2) is 7.89. The molecule has 0 aromatic heterocycles. The third-order valence-electron chi connectivity index (χ3n) is 4.26. The van der Waals surface area contributed by atoms with Crippen molar-refractivity contribution in [1.29, 1.82) is 0 Å². The van der Waals surface area contributed by atoms with Crippen LogP contribution in [0.25, 0.3) is 0 Å². The van der Waals surface area contributed by atoms with Crippen LogP contribution in [0.5, 0.6) is 5.75 Å². The number of carbonyl (C=O) groups excluding carboxylic acids is 1. The number of rotatable bonds is 6. The number of carbonyl (C=O) groups is 2. The molecule has 0 saturated carbocycles. The number of carboxylic acid groups (broad SMARTS) is 1. The van der Waals surface area contributed by atoms with E-state index in [1.54, 1.807) is 17.0 Å². The first-order valence-electron chi connectivity index (χ1n) is 8.52. The maximum atomic E-state index is 12.1. The van der Waals surface area contributed by atoms with Crippen molar-refractivity contribution in [2.24, 2.45) is 4.99 Å². The number of amidine groups is 1. The number of aliphatic imine (C=N–C) groups is 1. The lowest BCUT2D eigenvalue weighted by Crippen LogP contribution is -2.38. The molecule has 27 heavy (non-hydrogen) atoms. The highest BCUT2D eigenvalue weighted by Crippen LogP contribution is 2.43. The Kier molecular flexibility index (Phi) is 5.75. The van der Waals surface area contributed by atoms with Gasteiger partial charge in [0, 0.05) is 11.7 Å². The number of fused-ring (bicyclic) bond motifs is 1. The number of benzene rings is 1. The Morgan fingerprint density at radius 3 is 2.74 bits per heavy atom. The van der Waals surface area contributed by atoms with Gasteiger partial charge in [0.05, 0.1) is 36.3 Å². The summed E-state index contributed by atoms with van der Waals surface area (Å²) in [6.45, 7) is 2.29. The van der Waals surface area contributed by atoms with Gasteiger partial charge in [0.25, 0.3) is 0 Å². The van der Waals surface area contributed by atoms with Crippen molar-refractivity contribution < 1.29 is 27.9 Å². The van der Waals surface area contributed by atoms with Crippen molar-refractivity contribution in [2.75, 3.05) is 23.0 Å². The SMILES string of the molecule is CCOc1ccccc1N1C(=NC(=O)CCC(=O)O)S[C@H]2CS(=O)(=O)C[C@@H]21. The van der Waals surface area contributed by atoms with Gasteiger partial charge in [-0.3, -0.25) is 9.59 Å². The smallest absolute Gasteiger partial charge is 0.303 e.